The highest BCUT2D eigenvalue weighted by Crippen LogP contribution is 2.28. The summed E-state index contributed by atoms with van der Waals surface area (Å²) >= 11 is 6.08. The average molecular weight is 381 g/mol. The van der Waals surface area contributed by atoms with Crippen LogP contribution in [0.5, 0.6) is 5.75 Å². The maximum atomic E-state index is 13.0. The SMILES string of the molecule is Cc1ccc(S(=O)(=O)N2CCCC(Oc3ccncc3Cl)C2)c(C)c1. The molecule has 1 fully saturated rings. The average Bonchev–Trinajstić information content (AvgIpc) is 2.57. The van der Waals surface area contributed by atoms with Crippen LogP contribution in [0.25, 0.3) is 0 Å². The molecule has 1 aromatic heterocycles. The molecule has 134 valence electrons. The van der Waals surface area contributed by atoms with Crippen LogP contribution in [0.1, 0.15) is 24.0 Å². The highest BCUT2D eigenvalue weighted by Gasteiger charge is 2.32. The fourth-order valence-corrected chi connectivity index (χ4v) is 4.96. The minimum Gasteiger partial charge on any atom is -0.487 e. The number of pyridine rings is 1. The van der Waals surface area contributed by atoms with E-state index in [1.54, 1.807) is 18.3 Å². The second kappa shape index (κ2) is 7.32. The van der Waals surface area contributed by atoms with Gasteiger partial charge >= 0.3 is 0 Å². The first-order chi connectivity index (χ1) is 11.9. The number of aryl methyl sites for hydroxylation is 2. The Bertz CT molecular complexity index is 870. The smallest absolute Gasteiger partial charge is 0.243 e. The molecule has 5 nitrogen and oxygen atoms in total. The van der Waals surface area contributed by atoms with Crippen molar-refractivity contribution >= 4 is 21.6 Å². The third-order valence-corrected chi connectivity index (χ3v) is 6.63. The van der Waals surface area contributed by atoms with Crippen LogP contribution >= 0.6 is 11.6 Å². The van der Waals surface area contributed by atoms with E-state index in [-0.39, 0.29) is 6.10 Å². The first kappa shape index (κ1) is 18.2. The lowest BCUT2D eigenvalue weighted by Gasteiger charge is -2.32. The van der Waals surface area contributed by atoms with Crippen LogP contribution in [-0.4, -0.2) is 36.9 Å². The number of ether oxygens (including phenoxy) is 1. The van der Waals surface area contributed by atoms with Gasteiger partial charge in [-0.25, -0.2) is 8.42 Å². The minimum absolute atomic E-state index is 0.228. The highest BCUT2D eigenvalue weighted by molar-refractivity contribution is 7.89. The zero-order valence-corrected chi connectivity index (χ0v) is 15.8. The van der Waals surface area contributed by atoms with Gasteiger partial charge in [-0.2, -0.15) is 4.31 Å². The number of nitrogens with zero attached hydrogens (tertiary/aromatic N) is 2. The van der Waals surface area contributed by atoms with Gasteiger partial charge in [-0.3, -0.25) is 4.98 Å². The molecule has 0 radical (unpaired) electrons. The van der Waals surface area contributed by atoms with Crippen LogP contribution in [0.3, 0.4) is 0 Å². The molecule has 0 N–H and O–H groups in total. The van der Waals surface area contributed by atoms with Crippen molar-refractivity contribution < 1.29 is 13.2 Å². The molecular weight excluding hydrogens is 360 g/mol. The van der Waals surface area contributed by atoms with E-state index < -0.39 is 10.0 Å². The highest BCUT2D eigenvalue weighted by atomic mass is 35.5. The number of halogens is 1. The van der Waals surface area contributed by atoms with Gasteiger partial charge in [0, 0.05) is 25.0 Å². The number of benzene rings is 1. The van der Waals surface area contributed by atoms with Crippen molar-refractivity contribution in [2.75, 3.05) is 13.1 Å². The van der Waals surface area contributed by atoms with E-state index in [4.69, 9.17) is 16.3 Å². The molecule has 0 saturated carbocycles. The Labute approximate surface area is 153 Å². The molecule has 25 heavy (non-hydrogen) atoms. The van der Waals surface area contributed by atoms with E-state index in [0.717, 1.165) is 24.0 Å². The summed E-state index contributed by atoms with van der Waals surface area (Å²) in [6.45, 7) is 4.59. The van der Waals surface area contributed by atoms with Crippen molar-refractivity contribution in [1.82, 2.24) is 9.29 Å². The third-order valence-electron chi connectivity index (χ3n) is 4.32. The quantitative estimate of drug-likeness (QED) is 0.813. The second-order valence-electron chi connectivity index (χ2n) is 6.32. The van der Waals surface area contributed by atoms with Gasteiger partial charge in [-0.05, 0) is 38.3 Å². The Balaban J connectivity index is 1.79. The summed E-state index contributed by atoms with van der Waals surface area (Å²) in [4.78, 5) is 4.29. The molecule has 1 unspecified atom stereocenters. The molecule has 1 saturated heterocycles. The molecule has 7 heteroatoms. The molecule has 1 aliphatic heterocycles. The first-order valence-electron chi connectivity index (χ1n) is 8.21. The van der Waals surface area contributed by atoms with E-state index in [1.165, 1.54) is 10.5 Å². The van der Waals surface area contributed by atoms with Gasteiger partial charge < -0.3 is 4.74 Å². The van der Waals surface area contributed by atoms with Crippen molar-refractivity contribution in [2.45, 2.75) is 37.7 Å². The van der Waals surface area contributed by atoms with Gasteiger partial charge in [0.05, 0.1) is 11.4 Å². The van der Waals surface area contributed by atoms with E-state index in [9.17, 15) is 8.42 Å². The topological polar surface area (TPSA) is 59.5 Å². The van der Waals surface area contributed by atoms with Crippen molar-refractivity contribution in [3.63, 3.8) is 0 Å². The van der Waals surface area contributed by atoms with E-state index >= 15 is 0 Å². The summed E-state index contributed by atoms with van der Waals surface area (Å²) in [5.41, 5.74) is 1.81. The van der Waals surface area contributed by atoms with E-state index in [0.29, 0.717) is 28.8 Å². The molecule has 0 amide bonds. The standard InChI is InChI=1S/C18H21ClN2O3S/c1-13-5-6-18(14(2)10-13)25(22,23)21-9-3-4-15(12-21)24-17-7-8-20-11-16(17)19/h5-8,10-11,15H,3-4,9,12H2,1-2H3. The van der Waals surface area contributed by atoms with Gasteiger partial charge in [0.15, 0.2) is 0 Å². The second-order valence-corrected chi connectivity index (χ2v) is 8.63. The van der Waals surface area contributed by atoms with Crippen molar-refractivity contribution in [3.05, 3.63) is 52.8 Å². The predicted octanol–water partition coefficient (Wildman–Crippen LogP) is 3.58. The normalized spacial score (nSPS) is 18.9. The molecule has 0 aliphatic carbocycles. The molecule has 2 aromatic rings. The molecule has 0 spiro atoms. The number of piperidine rings is 1. The lowest BCUT2D eigenvalue weighted by atomic mass is 10.1. The Kier molecular flexibility index (Phi) is 5.32. The third kappa shape index (κ3) is 3.97. The number of sulfonamides is 1. The molecule has 1 aliphatic rings. The van der Waals surface area contributed by atoms with Crippen LogP contribution in [0.2, 0.25) is 5.02 Å². The molecule has 0 bridgehead atoms. The van der Waals surface area contributed by atoms with Gasteiger partial charge in [0.1, 0.15) is 16.9 Å². The summed E-state index contributed by atoms with van der Waals surface area (Å²) in [6, 6.07) is 7.10. The van der Waals surface area contributed by atoms with Crippen LogP contribution < -0.4 is 4.74 Å². The Morgan fingerprint density at radius 1 is 1.28 bits per heavy atom. The number of rotatable bonds is 4. The summed E-state index contributed by atoms with van der Waals surface area (Å²) in [6.07, 6.45) is 4.43. The van der Waals surface area contributed by atoms with Gasteiger partial charge in [-0.1, -0.05) is 29.3 Å². The van der Waals surface area contributed by atoms with Crippen LogP contribution in [-0.2, 0) is 10.0 Å². The number of hydrogen-bond acceptors (Lipinski definition) is 4. The van der Waals surface area contributed by atoms with Crippen LogP contribution in [0, 0.1) is 13.8 Å². The molecule has 1 aromatic carbocycles. The Hall–Kier alpha value is -1.63. The van der Waals surface area contributed by atoms with Crippen molar-refractivity contribution in [3.8, 4) is 5.75 Å². The Morgan fingerprint density at radius 2 is 2.08 bits per heavy atom. The molecule has 1 atom stereocenters. The van der Waals surface area contributed by atoms with Gasteiger partial charge in [0.2, 0.25) is 10.0 Å². The predicted molar refractivity (Wildman–Crippen MR) is 97.6 cm³/mol. The summed E-state index contributed by atoms with van der Waals surface area (Å²) < 4.78 is 33.5. The monoisotopic (exact) mass is 380 g/mol. The lowest BCUT2D eigenvalue weighted by molar-refractivity contribution is 0.129. The minimum atomic E-state index is -3.54. The van der Waals surface area contributed by atoms with Crippen molar-refractivity contribution in [1.29, 1.82) is 0 Å². The molecule has 2 heterocycles. The maximum Gasteiger partial charge on any atom is 0.243 e. The van der Waals surface area contributed by atoms with Gasteiger partial charge in [-0.15, -0.1) is 0 Å². The van der Waals surface area contributed by atoms with Gasteiger partial charge in [0.25, 0.3) is 0 Å². The maximum absolute atomic E-state index is 13.0. The summed E-state index contributed by atoms with van der Waals surface area (Å²) in [5, 5.41) is 0.428. The molecule has 3 rings (SSSR count). The van der Waals surface area contributed by atoms with Crippen LogP contribution in [0.4, 0.5) is 0 Å². The van der Waals surface area contributed by atoms with E-state index in [2.05, 4.69) is 4.98 Å². The zero-order valence-electron chi connectivity index (χ0n) is 14.3. The zero-order chi connectivity index (χ0) is 18.0. The van der Waals surface area contributed by atoms with Crippen molar-refractivity contribution in [2.24, 2.45) is 0 Å². The lowest BCUT2D eigenvalue weighted by Crippen LogP contribution is -2.44. The number of aromatic nitrogens is 1. The first-order valence-corrected chi connectivity index (χ1v) is 10.0. The number of hydrogen-bond donors (Lipinski definition) is 0. The Morgan fingerprint density at radius 3 is 2.80 bits per heavy atom. The summed E-state index contributed by atoms with van der Waals surface area (Å²) in [5.74, 6) is 0.535. The van der Waals surface area contributed by atoms with E-state index in [1.807, 2.05) is 26.0 Å². The summed E-state index contributed by atoms with van der Waals surface area (Å²) in [7, 11) is -3.54. The fraction of sp³-hybridized carbons (Fsp3) is 0.389. The largest absolute Gasteiger partial charge is 0.487 e. The van der Waals surface area contributed by atoms with Crippen LogP contribution in [0.15, 0.2) is 41.6 Å². The fourth-order valence-electron chi connectivity index (χ4n) is 3.08. The molecular formula is C18H21ClN2O3S.